The molecule has 1 aromatic carbocycles. The maximum absolute atomic E-state index is 13.6. The largest absolute Gasteiger partial charge is 0.495 e. The number of aryl methyl sites for hydroxylation is 1. The normalized spacial score (nSPS) is 16.6. The number of benzene rings is 1. The Kier molecular flexibility index (Phi) is 7.15. The topological polar surface area (TPSA) is 104 Å². The molecule has 0 saturated carbocycles. The van der Waals surface area contributed by atoms with Gasteiger partial charge in [-0.3, -0.25) is 4.79 Å². The maximum Gasteiger partial charge on any atom is 0.491 e. The Morgan fingerprint density at radius 2 is 1.85 bits per heavy atom. The van der Waals surface area contributed by atoms with E-state index in [1.54, 1.807) is 29.1 Å². The van der Waals surface area contributed by atoms with Gasteiger partial charge < -0.3 is 18.9 Å². The molecule has 0 fully saturated rings. The monoisotopic (exact) mass is 544 g/mol. The van der Waals surface area contributed by atoms with E-state index in [4.69, 9.17) is 9.47 Å². The Bertz CT molecular complexity index is 1420. The fourth-order valence-corrected chi connectivity index (χ4v) is 5.02. The second-order valence-electron chi connectivity index (χ2n) is 9.50. The van der Waals surface area contributed by atoms with Crippen molar-refractivity contribution in [1.82, 2.24) is 29.4 Å². The van der Waals surface area contributed by atoms with Crippen LogP contribution in [0.5, 0.6) is 5.75 Å². The third-order valence-electron chi connectivity index (χ3n) is 6.88. The van der Waals surface area contributed by atoms with Gasteiger partial charge in [0.25, 0.3) is 12.1 Å². The van der Waals surface area contributed by atoms with Gasteiger partial charge in [-0.2, -0.15) is 13.2 Å². The molecule has 10 nitrogen and oxygen atoms in total. The van der Waals surface area contributed by atoms with Crippen LogP contribution < -0.4 is 4.74 Å². The molecule has 1 atom stereocenters. The number of allylic oxidation sites excluding steroid dienone is 2. The molecule has 5 rings (SSSR count). The van der Waals surface area contributed by atoms with E-state index in [9.17, 15) is 22.8 Å². The number of carbonyl (C=O) groups is 2. The first-order valence-electron chi connectivity index (χ1n) is 12.6. The number of rotatable bonds is 6. The third kappa shape index (κ3) is 5.38. The van der Waals surface area contributed by atoms with E-state index in [-0.39, 0.29) is 5.69 Å². The lowest BCUT2D eigenvalue weighted by atomic mass is 9.89. The lowest BCUT2D eigenvalue weighted by Gasteiger charge is -2.36. The first kappa shape index (κ1) is 26.4. The molecule has 0 radical (unpaired) electrons. The van der Waals surface area contributed by atoms with Crippen LogP contribution in [-0.4, -0.2) is 61.2 Å². The molecule has 0 saturated heterocycles. The van der Waals surface area contributed by atoms with Crippen LogP contribution in [0.15, 0.2) is 48.2 Å². The number of carbonyl (C=O) groups excluding carboxylic acids is 2. The summed E-state index contributed by atoms with van der Waals surface area (Å²) < 4.78 is 52.4. The molecule has 3 heterocycles. The van der Waals surface area contributed by atoms with Gasteiger partial charge in [-0.1, -0.05) is 16.9 Å². The van der Waals surface area contributed by atoms with Crippen molar-refractivity contribution in [2.75, 3.05) is 13.7 Å². The predicted octanol–water partition coefficient (Wildman–Crippen LogP) is 4.50. The Balaban J connectivity index is 1.48. The second-order valence-corrected chi connectivity index (χ2v) is 9.50. The summed E-state index contributed by atoms with van der Waals surface area (Å²) in [4.78, 5) is 31.1. The second kappa shape index (κ2) is 10.5. The molecule has 1 aliphatic heterocycles. The number of hydrogen-bond donors (Lipinski definition) is 0. The van der Waals surface area contributed by atoms with Gasteiger partial charge in [0.05, 0.1) is 31.0 Å². The molecule has 13 heteroatoms. The molecule has 2 aliphatic rings. The van der Waals surface area contributed by atoms with Gasteiger partial charge in [0.1, 0.15) is 11.4 Å². The molecule has 2 aromatic heterocycles. The average molecular weight is 545 g/mol. The van der Waals surface area contributed by atoms with Crippen molar-refractivity contribution in [3.05, 3.63) is 53.9 Å². The number of halogens is 3. The minimum atomic E-state index is -5.28. The zero-order valence-corrected chi connectivity index (χ0v) is 21.4. The van der Waals surface area contributed by atoms with Crippen LogP contribution in [0, 0.1) is 6.92 Å². The van der Waals surface area contributed by atoms with Crippen molar-refractivity contribution in [1.29, 1.82) is 0 Å². The fraction of sp³-hybridized carbons (Fsp3) is 0.423. The number of imidazole rings is 1. The first-order chi connectivity index (χ1) is 18.7. The summed E-state index contributed by atoms with van der Waals surface area (Å²) in [6, 6.07) is 5.18. The number of methoxy groups -OCH3 is 1. The van der Waals surface area contributed by atoms with E-state index in [1.165, 1.54) is 18.2 Å². The summed E-state index contributed by atoms with van der Waals surface area (Å²) in [5, 5.41) is 7.94. The van der Waals surface area contributed by atoms with E-state index in [0.29, 0.717) is 36.4 Å². The highest BCUT2D eigenvalue weighted by molar-refractivity contribution is 5.85. The van der Waals surface area contributed by atoms with Crippen LogP contribution in [-0.2, 0) is 14.3 Å². The first-order valence-corrected chi connectivity index (χ1v) is 12.6. The molecule has 1 aliphatic carbocycles. The average Bonchev–Trinajstić information content (AvgIpc) is 3.59. The van der Waals surface area contributed by atoms with E-state index >= 15 is 0 Å². The zero-order chi connectivity index (χ0) is 27.7. The SMILES string of the molecule is COc1cc(-c2cn(C(OC(=O)C(F)(F)F)C(=O)N3CCCC4=C3CCCC4)nn2)ccc1-n1cnc(C)c1. The van der Waals surface area contributed by atoms with Gasteiger partial charge >= 0.3 is 12.1 Å². The van der Waals surface area contributed by atoms with E-state index < -0.39 is 24.3 Å². The number of hydrogen-bond acceptors (Lipinski definition) is 7. The molecule has 206 valence electrons. The molecule has 1 amide bonds. The molecular weight excluding hydrogens is 517 g/mol. The van der Waals surface area contributed by atoms with E-state index in [1.807, 2.05) is 13.1 Å². The highest BCUT2D eigenvalue weighted by Gasteiger charge is 2.45. The van der Waals surface area contributed by atoms with E-state index in [0.717, 1.165) is 47.3 Å². The number of esters is 1. The third-order valence-corrected chi connectivity index (χ3v) is 6.88. The summed E-state index contributed by atoms with van der Waals surface area (Å²) in [5.74, 6) is -2.78. The van der Waals surface area contributed by atoms with Gasteiger partial charge in [0.15, 0.2) is 0 Å². The van der Waals surface area contributed by atoms with Crippen LogP contribution in [0.4, 0.5) is 13.2 Å². The molecule has 3 aromatic rings. The highest BCUT2D eigenvalue weighted by Crippen LogP contribution is 2.36. The van der Waals surface area contributed by atoms with Gasteiger partial charge in [0.2, 0.25) is 0 Å². The Labute approximate surface area is 222 Å². The quantitative estimate of drug-likeness (QED) is 0.421. The Morgan fingerprint density at radius 1 is 1.08 bits per heavy atom. The minimum Gasteiger partial charge on any atom is -0.495 e. The number of amides is 1. The molecular formula is C26H27F3N6O4. The minimum absolute atomic E-state index is 0.249. The number of ether oxygens (including phenoxy) is 2. The van der Waals surface area contributed by atoms with Crippen LogP contribution in [0.2, 0.25) is 0 Å². The lowest BCUT2D eigenvalue weighted by Crippen LogP contribution is -2.43. The number of aromatic nitrogens is 5. The van der Waals surface area contributed by atoms with Crippen molar-refractivity contribution >= 4 is 11.9 Å². The Hall–Kier alpha value is -4.16. The fourth-order valence-electron chi connectivity index (χ4n) is 5.02. The van der Waals surface area contributed by atoms with Crippen LogP contribution in [0.1, 0.15) is 50.4 Å². The van der Waals surface area contributed by atoms with Crippen LogP contribution in [0.3, 0.4) is 0 Å². The van der Waals surface area contributed by atoms with Gasteiger partial charge in [-0.15, -0.1) is 5.10 Å². The number of alkyl halides is 3. The van der Waals surface area contributed by atoms with Gasteiger partial charge in [-0.25, -0.2) is 14.5 Å². The molecule has 39 heavy (non-hydrogen) atoms. The van der Waals surface area contributed by atoms with E-state index in [2.05, 4.69) is 15.3 Å². The molecule has 0 bridgehead atoms. The summed E-state index contributed by atoms with van der Waals surface area (Å²) >= 11 is 0. The molecule has 0 N–H and O–H groups in total. The summed E-state index contributed by atoms with van der Waals surface area (Å²) in [6.07, 6.45) is 2.38. The standard InChI is InChI=1S/C26H27F3N6O4/c1-16-13-33(15-30-16)21-10-9-18(12-22(21)38-2)19-14-35(32-31-19)24(39-25(37)26(27,28)29)23(36)34-11-5-7-17-6-3-4-8-20(17)34/h9-10,12-15,24H,3-8,11H2,1-2H3. The summed E-state index contributed by atoms with van der Waals surface area (Å²) in [7, 11) is 1.50. The highest BCUT2D eigenvalue weighted by atomic mass is 19.4. The molecule has 1 unspecified atom stereocenters. The van der Waals surface area contributed by atoms with Crippen molar-refractivity contribution in [2.24, 2.45) is 0 Å². The maximum atomic E-state index is 13.6. The lowest BCUT2D eigenvalue weighted by molar-refractivity contribution is -0.211. The van der Waals surface area contributed by atoms with Crippen molar-refractivity contribution < 1.29 is 32.2 Å². The van der Waals surface area contributed by atoms with Crippen LogP contribution >= 0.6 is 0 Å². The van der Waals surface area contributed by atoms with Crippen molar-refractivity contribution in [3.63, 3.8) is 0 Å². The smallest absolute Gasteiger partial charge is 0.491 e. The van der Waals surface area contributed by atoms with Gasteiger partial charge in [-0.05, 0) is 57.6 Å². The number of nitrogens with zero attached hydrogens (tertiary/aromatic N) is 6. The summed E-state index contributed by atoms with van der Waals surface area (Å²) in [5.41, 5.74) is 4.24. The van der Waals surface area contributed by atoms with Crippen molar-refractivity contribution in [3.8, 4) is 22.7 Å². The Morgan fingerprint density at radius 3 is 2.56 bits per heavy atom. The zero-order valence-electron chi connectivity index (χ0n) is 21.4. The van der Waals surface area contributed by atoms with Gasteiger partial charge in [0, 0.05) is 24.0 Å². The summed E-state index contributed by atoms with van der Waals surface area (Å²) in [6.45, 7) is 2.18. The van der Waals surface area contributed by atoms with Crippen molar-refractivity contribution in [2.45, 2.75) is 57.9 Å². The van der Waals surface area contributed by atoms with Crippen LogP contribution in [0.25, 0.3) is 16.9 Å². The molecule has 0 spiro atoms. The predicted molar refractivity (Wildman–Crippen MR) is 131 cm³/mol.